The summed E-state index contributed by atoms with van der Waals surface area (Å²) < 4.78 is 15.7. The fraction of sp³-hybridized carbons (Fsp3) is 0.0667. The molecule has 0 atom stereocenters. The molecule has 2 aromatic carbocycles. The van der Waals surface area contributed by atoms with Crippen molar-refractivity contribution in [3.05, 3.63) is 69.0 Å². The highest BCUT2D eigenvalue weighted by atomic mass is 35.5. The Bertz CT molecular complexity index is 795. The van der Waals surface area contributed by atoms with Crippen LogP contribution in [-0.4, -0.2) is 4.57 Å². The first kappa shape index (κ1) is 13.7. The lowest BCUT2D eigenvalue weighted by molar-refractivity contribution is 0.602. The summed E-state index contributed by atoms with van der Waals surface area (Å²) in [6.07, 6.45) is 1.85. The maximum Gasteiger partial charge on any atom is 0.128 e. The number of benzene rings is 2. The second kappa shape index (κ2) is 5.28. The first-order valence-electron chi connectivity index (χ1n) is 5.92. The lowest BCUT2D eigenvalue weighted by Crippen LogP contribution is -2.00. The van der Waals surface area contributed by atoms with Crippen LogP contribution >= 0.6 is 34.8 Å². The number of hydrogen-bond acceptors (Lipinski definition) is 0. The molecule has 0 radical (unpaired) electrons. The number of nitrogens with zero attached hydrogens (tertiary/aromatic N) is 1. The third-order valence-electron chi connectivity index (χ3n) is 3.15. The van der Waals surface area contributed by atoms with Gasteiger partial charge in [0.15, 0.2) is 0 Å². The number of rotatable bonds is 2. The normalized spacial score (nSPS) is 11.2. The lowest BCUT2D eigenvalue weighted by atomic mass is 10.2. The number of hydrogen-bond donors (Lipinski definition) is 0. The van der Waals surface area contributed by atoms with Gasteiger partial charge in [-0.05, 0) is 36.4 Å². The van der Waals surface area contributed by atoms with Crippen LogP contribution in [0.15, 0.2) is 42.6 Å². The van der Waals surface area contributed by atoms with Gasteiger partial charge in [0.05, 0.1) is 17.1 Å². The maximum absolute atomic E-state index is 13.8. The zero-order valence-corrected chi connectivity index (χ0v) is 12.5. The van der Waals surface area contributed by atoms with Gasteiger partial charge in [0.2, 0.25) is 0 Å². The average Bonchev–Trinajstić information content (AvgIpc) is 2.77. The SMILES string of the molecule is Fc1ccc(Cl)cc1Cn1ccc2c(Cl)cc(Cl)cc21. The Morgan fingerprint density at radius 3 is 2.55 bits per heavy atom. The van der Waals surface area contributed by atoms with Gasteiger partial charge in [0, 0.05) is 27.2 Å². The molecule has 1 nitrogen and oxygen atoms in total. The van der Waals surface area contributed by atoms with Gasteiger partial charge < -0.3 is 4.57 Å². The van der Waals surface area contributed by atoms with Crippen molar-refractivity contribution in [2.75, 3.05) is 0 Å². The molecule has 0 amide bonds. The van der Waals surface area contributed by atoms with Crippen LogP contribution in [0, 0.1) is 5.82 Å². The van der Waals surface area contributed by atoms with Gasteiger partial charge in [0.1, 0.15) is 5.82 Å². The maximum atomic E-state index is 13.8. The molecule has 0 aliphatic heterocycles. The fourth-order valence-corrected chi connectivity index (χ4v) is 2.94. The van der Waals surface area contributed by atoms with E-state index in [9.17, 15) is 4.39 Å². The van der Waals surface area contributed by atoms with Crippen LogP contribution in [0.3, 0.4) is 0 Å². The predicted octanol–water partition coefficient (Wildman–Crippen LogP) is 5.79. The van der Waals surface area contributed by atoms with Crippen molar-refractivity contribution in [2.45, 2.75) is 6.54 Å². The monoisotopic (exact) mass is 327 g/mol. The molecule has 0 bridgehead atoms. The van der Waals surface area contributed by atoms with Crippen LogP contribution in [0.5, 0.6) is 0 Å². The van der Waals surface area contributed by atoms with Crippen LogP contribution in [0.2, 0.25) is 15.1 Å². The molecule has 3 aromatic rings. The Morgan fingerprint density at radius 1 is 0.950 bits per heavy atom. The summed E-state index contributed by atoms with van der Waals surface area (Å²) in [6.45, 7) is 0.368. The van der Waals surface area contributed by atoms with E-state index in [1.54, 1.807) is 12.1 Å². The minimum atomic E-state index is -0.288. The van der Waals surface area contributed by atoms with Gasteiger partial charge in [-0.15, -0.1) is 0 Å². The number of fused-ring (bicyclic) bond motifs is 1. The van der Waals surface area contributed by atoms with Gasteiger partial charge in [-0.2, -0.15) is 0 Å². The molecule has 0 unspecified atom stereocenters. The third kappa shape index (κ3) is 2.51. The fourth-order valence-electron chi connectivity index (χ4n) is 2.20. The van der Waals surface area contributed by atoms with Gasteiger partial charge in [0.25, 0.3) is 0 Å². The van der Waals surface area contributed by atoms with Crippen molar-refractivity contribution in [2.24, 2.45) is 0 Å². The van der Waals surface area contributed by atoms with Crippen molar-refractivity contribution in [1.29, 1.82) is 0 Å². The van der Waals surface area contributed by atoms with Crippen molar-refractivity contribution in [3.8, 4) is 0 Å². The summed E-state index contributed by atoms with van der Waals surface area (Å²) in [5, 5.41) is 2.53. The lowest BCUT2D eigenvalue weighted by Gasteiger charge is -2.08. The van der Waals surface area contributed by atoms with Gasteiger partial charge >= 0.3 is 0 Å². The summed E-state index contributed by atoms with van der Waals surface area (Å²) in [5.41, 5.74) is 1.38. The zero-order chi connectivity index (χ0) is 14.3. The highest BCUT2D eigenvalue weighted by molar-refractivity contribution is 6.38. The van der Waals surface area contributed by atoms with Crippen LogP contribution < -0.4 is 0 Å². The van der Waals surface area contributed by atoms with Crippen LogP contribution in [0.25, 0.3) is 10.9 Å². The third-order valence-corrected chi connectivity index (χ3v) is 3.92. The smallest absolute Gasteiger partial charge is 0.128 e. The molecule has 0 fully saturated rings. The zero-order valence-electron chi connectivity index (χ0n) is 10.2. The summed E-state index contributed by atoms with van der Waals surface area (Å²) in [5.74, 6) is -0.288. The Morgan fingerprint density at radius 2 is 1.75 bits per heavy atom. The molecule has 1 aromatic heterocycles. The van der Waals surface area contributed by atoms with Crippen LogP contribution in [-0.2, 0) is 6.54 Å². The molecule has 0 aliphatic carbocycles. The number of halogens is 4. The van der Waals surface area contributed by atoms with E-state index in [1.165, 1.54) is 12.1 Å². The Balaban J connectivity index is 2.09. The van der Waals surface area contributed by atoms with Crippen molar-refractivity contribution < 1.29 is 4.39 Å². The molecular weight excluding hydrogens is 320 g/mol. The standard InChI is InChI=1S/C15H9Cl3FN/c16-10-1-2-14(19)9(5-10)8-20-4-3-12-13(18)6-11(17)7-15(12)20/h1-7H,8H2. The molecule has 5 heteroatoms. The van der Waals surface area contributed by atoms with Gasteiger partial charge in [-0.3, -0.25) is 0 Å². The highest BCUT2D eigenvalue weighted by Crippen LogP contribution is 2.29. The minimum Gasteiger partial charge on any atom is -0.343 e. The molecule has 1 heterocycles. The summed E-state index contributed by atoms with van der Waals surface area (Å²) >= 11 is 18.1. The summed E-state index contributed by atoms with van der Waals surface area (Å²) in [4.78, 5) is 0. The Labute approximate surface area is 130 Å². The molecule has 0 saturated carbocycles. The summed E-state index contributed by atoms with van der Waals surface area (Å²) in [7, 11) is 0. The van der Waals surface area contributed by atoms with Crippen LogP contribution in [0.4, 0.5) is 4.39 Å². The molecular formula is C15H9Cl3FN. The van der Waals surface area contributed by atoms with E-state index in [2.05, 4.69) is 0 Å². The minimum absolute atomic E-state index is 0.288. The highest BCUT2D eigenvalue weighted by Gasteiger charge is 2.09. The van der Waals surface area contributed by atoms with E-state index in [0.29, 0.717) is 27.2 Å². The van der Waals surface area contributed by atoms with Crippen LogP contribution in [0.1, 0.15) is 5.56 Å². The molecule has 0 saturated heterocycles. The molecule has 0 spiro atoms. The van der Waals surface area contributed by atoms with E-state index in [1.807, 2.05) is 22.9 Å². The van der Waals surface area contributed by atoms with Crippen molar-refractivity contribution >= 4 is 45.7 Å². The van der Waals surface area contributed by atoms with E-state index < -0.39 is 0 Å². The Hall–Kier alpha value is -1.22. The predicted molar refractivity (Wildman–Crippen MR) is 82.5 cm³/mol. The van der Waals surface area contributed by atoms with E-state index in [4.69, 9.17) is 34.8 Å². The van der Waals surface area contributed by atoms with Crippen molar-refractivity contribution in [1.82, 2.24) is 4.57 Å². The molecule has 0 N–H and O–H groups in total. The molecule has 20 heavy (non-hydrogen) atoms. The Kier molecular flexibility index (Phi) is 3.63. The van der Waals surface area contributed by atoms with E-state index in [-0.39, 0.29) is 5.82 Å². The average molecular weight is 329 g/mol. The second-order valence-corrected chi connectivity index (χ2v) is 5.78. The van der Waals surface area contributed by atoms with Gasteiger partial charge in [-0.25, -0.2) is 4.39 Å². The molecule has 0 aliphatic rings. The number of aromatic nitrogens is 1. The quantitative estimate of drug-likeness (QED) is 0.561. The van der Waals surface area contributed by atoms with E-state index >= 15 is 0 Å². The summed E-state index contributed by atoms with van der Waals surface area (Å²) in [6, 6.07) is 9.90. The molecule has 3 rings (SSSR count). The largest absolute Gasteiger partial charge is 0.343 e. The topological polar surface area (TPSA) is 4.93 Å². The van der Waals surface area contributed by atoms with E-state index in [0.717, 1.165) is 10.9 Å². The van der Waals surface area contributed by atoms with Gasteiger partial charge in [-0.1, -0.05) is 34.8 Å². The van der Waals surface area contributed by atoms with Crippen molar-refractivity contribution in [3.63, 3.8) is 0 Å². The first-order valence-corrected chi connectivity index (χ1v) is 7.06. The second-order valence-electron chi connectivity index (χ2n) is 4.50. The first-order chi connectivity index (χ1) is 9.54. The molecule has 102 valence electrons.